The fourth-order valence-corrected chi connectivity index (χ4v) is 3.07. The molecule has 0 spiro atoms. The number of nitrogens with two attached hydrogens (primary N) is 1. The summed E-state index contributed by atoms with van der Waals surface area (Å²) in [4.78, 5) is 14.6. The van der Waals surface area contributed by atoms with Crippen LogP contribution in [0.2, 0.25) is 0 Å². The van der Waals surface area contributed by atoms with E-state index >= 15 is 0 Å². The molecule has 2 fully saturated rings. The first kappa shape index (κ1) is 14.8. The van der Waals surface area contributed by atoms with Gasteiger partial charge >= 0.3 is 5.97 Å². The maximum Gasteiger partial charge on any atom is 0.327 e. The molecule has 4 heteroatoms. The number of hydrogen-bond donors (Lipinski definition) is 1. The van der Waals surface area contributed by atoms with Gasteiger partial charge in [0.2, 0.25) is 0 Å². The van der Waals surface area contributed by atoms with Crippen molar-refractivity contribution in [2.24, 2.45) is 11.7 Å². The summed E-state index contributed by atoms with van der Waals surface area (Å²) >= 11 is 0. The molecule has 1 atom stereocenters. The molecule has 1 saturated heterocycles. The lowest BCUT2D eigenvalue weighted by Crippen LogP contribution is -2.59. The Labute approximate surface area is 116 Å². The zero-order valence-electron chi connectivity index (χ0n) is 12.2. The van der Waals surface area contributed by atoms with Crippen molar-refractivity contribution in [3.63, 3.8) is 0 Å². The third kappa shape index (κ3) is 3.93. The first-order valence-electron chi connectivity index (χ1n) is 7.85. The molecule has 0 aromatic rings. The Morgan fingerprint density at radius 1 is 1.21 bits per heavy atom. The quantitative estimate of drug-likeness (QED) is 0.774. The molecule has 1 aliphatic carbocycles. The lowest BCUT2D eigenvalue weighted by molar-refractivity contribution is -0.151. The normalized spacial score (nSPS) is 25.2. The first-order valence-corrected chi connectivity index (χ1v) is 7.85. The Bertz CT molecular complexity index is 297. The number of carbonyl (C=O) groups excluding carboxylic acids is 1. The van der Waals surface area contributed by atoms with Gasteiger partial charge in [-0.3, -0.25) is 0 Å². The summed E-state index contributed by atoms with van der Waals surface area (Å²) in [7, 11) is 0. The van der Waals surface area contributed by atoms with Crippen LogP contribution in [0, 0.1) is 5.92 Å². The van der Waals surface area contributed by atoms with Crippen LogP contribution in [-0.2, 0) is 9.53 Å². The Morgan fingerprint density at radius 2 is 1.79 bits per heavy atom. The molecule has 2 rings (SSSR count). The number of likely N-dealkylation sites (tertiary alicyclic amines) is 1. The number of esters is 1. The van der Waals surface area contributed by atoms with Gasteiger partial charge in [0, 0.05) is 6.54 Å². The maximum absolute atomic E-state index is 12.2. The molecule has 1 heterocycles. The average molecular weight is 268 g/mol. The van der Waals surface area contributed by atoms with Crippen molar-refractivity contribution in [3.05, 3.63) is 0 Å². The summed E-state index contributed by atoms with van der Waals surface area (Å²) in [6.07, 6.45) is 8.55. The van der Waals surface area contributed by atoms with E-state index in [-0.39, 0.29) is 5.97 Å². The topological polar surface area (TPSA) is 55.6 Å². The highest BCUT2D eigenvalue weighted by Gasteiger charge is 2.49. The predicted molar refractivity (Wildman–Crippen MR) is 75.8 cm³/mol. The van der Waals surface area contributed by atoms with Gasteiger partial charge in [0.25, 0.3) is 0 Å². The smallest absolute Gasteiger partial charge is 0.327 e. The number of hydrogen-bond acceptors (Lipinski definition) is 4. The van der Waals surface area contributed by atoms with Crippen molar-refractivity contribution in [2.45, 2.75) is 57.4 Å². The van der Waals surface area contributed by atoms with Crippen molar-refractivity contribution in [1.82, 2.24) is 4.90 Å². The van der Waals surface area contributed by atoms with Gasteiger partial charge in [-0.2, -0.15) is 0 Å². The second-order valence-corrected chi connectivity index (χ2v) is 6.08. The SMILES string of the molecule is CCOC(=O)C(N)(CN1CCCCCCC1)C1CC1. The van der Waals surface area contributed by atoms with Gasteiger partial charge in [0.05, 0.1) is 6.61 Å². The van der Waals surface area contributed by atoms with Crippen molar-refractivity contribution in [1.29, 1.82) is 0 Å². The predicted octanol–water partition coefficient (Wildman–Crippen LogP) is 1.92. The van der Waals surface area contributed by atoms with E-state index < -0.39 is 5.54 Å². The lowest BCUT2D eigenvalue weighted by atomic mass is 9.93. The van der Waals surface area contributed by atoms with Crippen LogP contribution >= 0.6 is 0 Å². The number of ether oxygens (including phenoxy) is 1. The summed E-state index contributed by atoms with van der Waals surface area (Å²) in [6, 6.07) is 0. The minimum absolute atomic E-state index is 0.195. The highest BCUT2D eigenvalue weighted by Crippen LogP contribution is 2.39. The minimum Gasteiger partial charge on any atom is -0.465 e. The minimum atomic E-state index is -0.769. The molecule has 2 aliphatic rings. The van der Waals surface area contributed by atoms with Crippen molar-refractivity contribution in [2.75, 3.05) is 26.2 Å². The molecule has 0 bridgehead atoms. The third-order valence-electron chi connectivity index (χ3n) is 4.40. The molecule has 1 saturated carbocycles. The molecule has 110 valence electrons. The van der Waals surface area contributed by atoms with Crippen LogP contribution in [-0.4, -0.2) is 42.6 Å². The van der Waals surface area contributed by atoms with E-state index in [2.05, 4.69) is 4.90 Å². The molecule has 19 heavy (non-hydrogen) atoms. The van der Waals surface area contributed by atoms with Crippen LogP contribution in [0.1, 0.15) is 51.9 Å². The Balaban J connectivity index is 1.96. The highest BCUT2D eigenvalue weighted by atomic mass is 16.5. The monoisotopic (exact) mass is 268 g/mol. The summed E-state index contributed by atoms with van der Waals surface area (Å²) in [6.45, 7) is 5.10. The fourth-order valence-electron chi connectivity index (χ4n) is 3.07. The molecule has 1 unspecified atom stereocenters. The summed E-state index contributed by atoms with van der Waals surface area (Å²) in [5.74, 6) is 0.136. The van der Waals surface area contributed by atoms with Crippen LogP contribution in [0.3, 0.4) is 0 Å². The fraction of sp³-hybridized carbons (Fsp3) is 0.933. The molecule has 0 aromatic heterocycles. The Morgan fingerprint density at radius 3 is 2.32 bits per heavy atom. The summed E-state index contributed by atoms with van der Waals surface area (Å²) in [5, 5.41) is 0. The molecule has 4 nitrogen and oxygen atoms in total. The molecular weight excluding hydrogens is 240 g/mol. The van der Waals surface area contributed by atoms with E-state index in [1.54, 1.807) is 0 Å². The van der Waals surface area contributed by atoms with E-state index in [9.17, 15) is 4.79 Å². The van der Waals surface area contributed by atoms with E-state index in [4.69, 9.17) is 10.5 Å². The first-order chi connectivity index (χ1) is 9.16. The van der Waals surface area contributed by atoms with Crippen molar-refractivity contribution < 1.29 is 9.53 Å². The number of rotatable bonds is 5. The third-order valence-corrected chi connectivity index (χ3v) is 4.40. The van der Waals surface area contributed by atoms with Crippen LogP contribution in [0.25, 0.3) is 0 Å². The van der Waals surface area contributed by atoms with Crippen LogP contribution < -0.4 is 5.73 Å². The second-order valence-electron chi connectivity index (χ2n) is 6.08. The van der Waals surface area contributed by atoms with Crippen LogP contribution in [0.5, 0.6) is 0 Å². The van der Waals surface area contributed by atoms with Crippen LogP contribution in [0.4, 0.5) is 0 Å². The molecule has 0 amide bonds. The standard InChI is InChI=1S/C15H28N2O2/c1-2-19-14(18)15(16,13-8-9-13)12-17-10-6-4-3-5-7-11-17/h13H,2-12,16H2,1H3. The van der Waals surface area contributed by atoms with Gasteiger partial charge in [-0.25, -0.2) is 4.79 Å². The lowest BCUT2D eigenvalue weighted by Gasteiger charge is -2.34. The van der Waals surface area contributed by atoms with Gasteiger partial charge in [-0.05, 0) is 51.6 Å². The second kappa shape index (κ2) is 6.71. The molecule has 0 aromatic carbocycles. The average Bonchev–Trinajstić information content (AvgIpc) is 3.17. The Kier molecular flexibility index (Phi) is 5.22. The molecule has 0 radical (unpaired) electrons. The zero-order valence-corrected chi connectivity index (χ0v) is 12.2. The molecule has 2 N–H and O–H groups in total. The van der Waals surface area contributed by atoms with Gasteiger partial charge in [0.1, 0.15) is 5.54 Å². The van der Waals surface area contributed by atoms with E-state index in [1.807, 2.05) is 6.92 Å². The van der Waals surface area contributed by atoms with E-state index in [0.29, 0.717) is 19.1 Å². The van der Waals surface area contributed by atoms with E-state index in [1.165, 1.54) is 32.1 Å². The number of carbonyl (C=O) groups is 1. The van der Waals surface area contributed by atoms with Gasteiger partial charge in [-0.1, -0.05) is 19.3 Å². The maximum atomic E-state index is 12.2. The van der Waals surface area contributed by atoms with E-state index in [0.717, 1.165) is 25.9 Å². The highest BCUT2D eigenvalue weighted by molar-refractivity contribution is 5.82. The largest absolute Gasteiger partial charge is 0.465 e. The zero-order chi connectivity index (χ0) is 13.7. The van der Waals surface area contributed by atoms with Crippen molar-refractivity contribution in [3.8, 4) is 0 Å². The molecule has 1 aliphatic heterocycles. The van der Waals surface area contributed by atoms with Gasteiger partial charge in [-0.15, -0.1) is 0 Å². The summed E-state index contributed by atoms with van der Waals surface area (Å²) < 4.78 is 5.22. The van der Waals surface area contributed by atoms with Gasteiger partial charge in [0.15, 0.2) is 0 Å². The van der Waals surface area contributed by atoms with Gasteiger partial charge < -0.3 is 15.4 Å². The molecular formula is C15H28N2O2. The summed E-state index contributed by atoms with van der Waals surface area (Å²) in [5.41, 5.74) is 5.67. The Hall–Kier alpha value is -0.610. The van der Waals surface area contributed by atoms with Crippen LogP contribution in [0.15, 0.2) is 0 Å². The van der Waals surface area contributed by atoms with Crippen molar-refractivity contribution >= 4 is 5.97 Å². The number of nitrogens with zero attached hydrogens (tertiary/aromatic N) is 1.